The Morgan fingerprint density at radius 3 is 2.00 bits per heavy atom. The lowest BCUT2D eigenvalue weighted by Crippen LogP contribution is -2.57. The van der Waals surface area contributed by atoms with Gasteiger partial charge in [0.1, 0.15) is 0 Å². The molecular weight excluding hydrogens is 306 g/mol. The molecule has 21 heavy (non-hydrogen) atoms. The van der Waals surface area contributed by atoms with Gasteiger partial charge in [-0.25, -0.2) is 0 Å². The predicted molar refractivity (Wildman–Crippen MR) is 59.1 cm³/mol. The van der Waals surface area contributed by atoms with Crippen LogP contribution in [0, 0.1) is 5.41 Å². The first-order valence-electron chi connectivity index (χ1n) is 6.29. The Morgan fingerprint density at radius 2 is 1.67 bits per heavy atom. The maximum Gasteiger partial charge on any atom is 0.426 e. The Labute approximate surface area is 117 Å². The molecule has 0 aliphatic carbocycles. The van der Waals surface area contributed by atoms with Crippen molar-refractivity contribution in [1.82, 2.24) is 0 Å². The zero-order valence-electron chi connectivity index (χ0n) is 11.7. The molecule has 0 radical (unpaired) electrons. The second-order valence-electron chi connectivity index (χ2n) is 5.55. The Balaban J connectivity index is 2.89. The zero-order chi connectivity index (χ0) is 16.7. The van der Waals surface area contributed by atoms with E-state index >= 15 is 0 Å². The molecule has 0 amide bonds. The van der Waals surface area contributed by atoms with Crippen LogP contribution in [0.25, 0.3) is 0 Å². The molecule has 9 heteroatoms. The second kappa shape index (κ2) is 5.33. The monoisotopic (exact) mass is 322 g/mol. The third-order valence-electron chi connectivity index (χ3n) is 3.66. The standard InChI is InChI=1S/C12H16F6O3/c1-4-9(2,3)8(19)20-7-5-6-10(21-7,11(13,14)15)12(16,17)18/h7H,4-6H2,1-3H3. The van der Waals surface area contributed by atoms with Crippen molar-refractivity contribution in [2.24, 2.45) is 5.41 Å². The molecule has 0 aromatic rings. The van der Waals surface area contributed by atoms with E-state index in [-0.39, 0.29) is 0 Å². The number of hydrogen-bond acceptors (Lipinski definition) is 3. The van der Waals surface area contributed by atoms with Gasteiger partial charge in [-0.05, 0) is 20.3 Å². The van der Waals surface area contributed by atoms with Crippen molar-refractivity contribution in [3.05, 3.63) is 0 Å². The molecule has 0 spiro atoms. The zero-order valence-corrected chi connectivity index (χ0v) is 11.7. The molecule has 1 aliphatic rings. The summed E-state index contributed by atoms with van der Waals surface area (Å²) < 4.78 is 85.2. The summed E-state index contributed by atoms with van der Waals surface area (Å²) in [4.78, 5) is 11.7. The molecule has 1 heterocycles. The summed E-state index contributed by atoms with van der Waals surface area (Å²) >= 11 is 0. The summed E-state index contributed by atoms with van der Waals surface area (Å²) in [7, 11) is 0. The van der Waals surface area contributed by atoms with Crippen LogP contribution in [-0.4, -0.2) is 30.2 Å². The van der Waals surface area contributed by atoms with Crippen LogP contribution in [0.4, 0.5) is 26.3 Å². The summed E-state index contributed by atoms with van der Waals surface area (Å²) in [6.45, 7) is 4.60. The number of carbonyl (C=O) groups excluding carboxylic acids is 1. The summed E-state index contributed by atoms with van der Waals surface area (Å²) in [5.41, 5.74) is -5.29. The molecule has 1 aliphatic heterocycles. The largest absolute Gasteiger partial charge is 0.435 e. The summed E-state index contributed by atoms with van der Waals surface area (Å²) in [5, 5.41) is 0. The van der Waals surface area contributed by atoms with E-state index in [0.717, 1.165) is 0 Å². The quantitative estimate of drug-likeness (QED) is 0.583. The van der Waals surface area contributed by atoms with Crippen molar-refractivity contribution in [3.63, 3.8) is 0 Å². The van der Waals surface area contributed by atoms with Crippen molar-refractivity contribution >= 4 is 5.97 Å². The highest BCUT2D eigenvalue weighted by molar-refractivity contribution is 5.75. The van der Waals surface area contributed by atoms with Crippen LogP contribution in [0.2, 0.25) is 0 Å². The number of halogens is 6. The number of ether oxygens (including phenoxy) is 2. The first-order valence-corrected chi connectivity index (χ1v) is 6.29. The number of rotatable bonds is 3. The van der Waals surface area contributed by atoms with Crippen LogP contribution in [0.15, 0.2) is 0 Å². The Kier molecular flexibility index (Phi) is 4.58. The summed E-state index contributed by atoms with van der Waals surface area (Å²) in [5.74, 6) is -0.893. The lowest BCUT2D eigenvalue weighted by molar-refractivity contribution is -0.385. The van der Waals surface area contributed by atoms with Crippen molar-refractivity contribution in [2.75, 3.05) is 0 Å². The molecule has 1 saturated heterocycles. The minimum atomic E-state index is -5.63. The van der Waals surface area contributed by atoms with Crippen LogP contribution < -0.4 is 0 Å². The maximum atomic E-state index is 12.7. The van der Waals surface area contributed by atoms with Gasteiger partial charge in [-0.2, -0.15) is 26.3 Å². The van der Waals surface area contributed by atoms with Crippen molar-refractivity contribution in [2.45, 2.75) is 64.3 Å². The molecule has 0 aromatic heterocycles. The summed E-state index contributed by atoms with van der Waals surface area (Å²) in [6, 6.07) is 0. The van der Waals surface area contributed by atoms with E-state index in [0.29, 0.717) is 6.42 Å². The minimum absolute atomic E-state index is 0.322. The Morgan fingerprint density at radius 1 is 1.19 bits per heavy atom. The highest BCUT2D eigenvalue weighted by Crippen LogP contribution is 2.53. The van der Waals surface area contributed by atoms with Gasteiger partial charge in [-0.3, -0.25) is 4.79 Å². The first-order chi connectivity index (χ1) is 9.27. The molecule has 3 nitrogen and oxygen atoms in total. The average Bonchev–Trinajstić information content (AvgIpc) is 2.73. The maximum absolute atomic E-state index is 12.7. The molecule has 1 fully saturated rings. The van der Waals surface area contributed by atoms with Crippen LogP contribution in [0.1, 0.15) is 40.0 Å². The molecule has 1 unspecified atom stereocenters. The van der Waals surface area contributed by atoms with Crippen molar-refractivity contribution in [3.8, 4) is 0 Å². The lowest BCUT2D eigenvalue weighted by Gasteiger charge is -2.33. The molecule has 124 valence electrons. The third-order valence-corrected chi connectivity index (χ3v) is 3.66. The van der Waals surface area contributed by atoms with Crippen LogP contribution >= 0.6 is 0 Å². The Bertz CT molecular complexity index is 385. The van der Waals surface area contributed by atoms with Crippen LogP contribution in [0.3, 0.4) is 0 Å². The summed E-state index contributed by atoms with van der Waals surface area (Å²) in [6.07, 6.45) is -14.8. The van der Waals surface area contributed by atoms with E-state index in [9.17, 15) is 31.1 Å². The van der Waals surface area contributed by atoms with Crippen molar-refractivity contribution < 1.29 is 40.6 Å². The van der Waals surface area contributed by atoms with Gasteiger partial charge in [0.25, 0.3) is 5.60 Å². The SMILES string of the molecule is CCC(C)(C)C(=O)OC1CCC(C(F)(F)F)(C(F)(F)F)O1. The van der Waals surface area contributed by atoms with Gasteiger partial charge in [0.15, 0.2) is 0 Å². The van der Waals surface area contributed by atoms with Gasteiger partial charge in [-0.15, -0.1) is 0 Å². The smallest absolute Gasteiger partial charge is 0.426 e. The van der Waals surface area contributed by atoms with Gasteiger partial charge >= 0.3 is 18.3 Å². The molecule has 0 N–H and O–H groups in total. The van der Waals surface area contributed by atoms with Gasteiger partial charge in [0.05, 0.1) is 5.41 Å². The molecular formula is C12H16F6O3. The van der Waals surface area contributed by atoms with Gasteiger partial charge < -0.3 is 9.47 Å². The Hall–Kier alpha value is -0.990. The highest BCUT2D eigenvalue weighted by Gasteiger charge is 2.75. The minimum Gasteiger partial charge on any atom is -0.435 e. The van der Waals surface area contributed by atoms with E-state index in [1.165, 1.54) is 13.8 Å². The number of carbonyl (C=O) groups is 1. The van der Waals surface area contributed by atoms with E-state index < -0.39 is 48.5 Å². The molecule has 1 atom stereocenters. The predicted octanol–water partition coefficient (Wildman–Crippen LogP) is 3.97. The fourth-order valence-corrected chi connectivity index (χ4v) is 1.75. The highest BCUT2D eigenvalue weighted by atomic mass is 19.4. The fourth-order valence-electron chi connectivity index (χ4n) is 1.75. The second-order valence-corrected chi connectivity index (χ2v) is 5.55. The first kappa shape index (κ1) is 18.1. The van der Waals surface area contributed by atoms with Crippen molar-refractivity contribution in [1.29, 1.82) is 0 Å². The van der Waals surface area contributed by atoms with E-state index in [4.69, 9.17) is 0 Å². The van der Waals surface area contributed by atoms with Gasteiger partial charge in [0.2, 0.25) is 6.29 Å². The molecule has 1 rings (SSSR count). The number of esters is 1. The van der Waals surface area contributed by atoms with E-state index in [1.807, 2.05) is 0 Å². The van der Waals surface area contributed by atoms with E-state index in [1.54, 1.807) is 6.92 Å². The lowest BCUT2D eigenvalue weighted by atomic mass is 9.91. The van der Waals surface area contributed by atoms with Crippen LogP contribution in [-0.2, 0) is 14.3 Å². The molecule has 0 bridgehead atoms. The number of alkyl halides is 6. The fraction of sp³-hybridized carbons (Fsp3) is 0.917. The molecule has 0 aromatic carbocycles. The third kappa shape index (κ3) is 3.27. The van der Waals surface area contributed by atoms with E-state index in [2.05, 4.69) is 9.47 Å². The number of hydrogen-bond donors (Lipinski definition) is 0. The average molecular weight is 322 g/mol. The molecule has 0 saturated carbocycles. The normalized spacial score (nSPS) is 23.2. The van der Waals surface area contributed by atoms with Crippen LogP contribution in [0.5, 0.6) is 0 Å². The van der Waals surface area contributed by atoms with Gasteiger partial charge in [-0.1, -0.05) is 6.92 Å². The van der Waals surface area contributed by atoms with Gasteiger partial charge in [0, 0.05) is 12.8 Å². The topological polar surface area (TPSA) is 35.5 Å².